The summed E-state index contributed by atoms with van der Waals surface area (Å²) in [5.74, 6) is 2.00. The molecule has 0 radical (unpaired) electrons. The fraction of sp³-hybridized carbons (Fsp3) is 0.913. The predicted octanol–water partition coefficient (Wildman–Crippen LogP) is 6.26. The molecule has 4 nitrogen and oxygen atoms in total. The number of carbonyl (C=O) groups is 1. The monoisotopic (exact) mass is 470 g/mol. The fourth-order valence-corrected chi connectivity index (χ4v) is 12.1. The molecule has 5 heterocycles. The van der Waals surface area contributed by atoms with Crippen molar-refractivity contribution in [2.45, 2.75) is 97.8 Å². The van der Waals surface area contributed by atoms with Crippen LogP contribution in [0.5, 0.6) is 0 Å². The zero-order valence-electron chi connectivity index (χ0n) is 18.3. The van der Waals surface area contributed by atoms with Crippen molar-refractivity contribution in [2.75, 3.05) is 31.1 Å². The number of fused-ring (bicyclic) bond motifs is 2. The molecular formula is C23H38N2O2S3+2. The number of carboxylic acids is 1. The Morgan fingerprint density at radius 2 is 1.67 bits per heavy atom. The van der Waals surface area contributed by atoms with Crippen molar-refractivity contribution in [3.8, 4) is 6.07 Å². The third-order valence-electron chi connectivity index (χ3n) is 7.64. The van der Waals surface area contributed by atoms with Gasteiger partial charge in [0.25, 0.3) is 12.6 Å². The lowest BCUT2D eigenvalue weighted by molar-refractivity contribution is -1.02. The summed E-state index contributed by atoms with van der Waals surface area (Å²) in [6.07, 6.45) is 15.0. The molecule has 2 spiro atoms. The molecule has 0 aliphatic carbocycles. The zero-order chi connectivity index (χ0) is 20.9. The third kappa shape index (κ3) is 4.54. The highest BCUT2D eigenvalue weighted by Crippen LogP contribution is 2.75. The minimum absolute atomic E-state index is 0.330. The minimum Gasteiger partial charge on any atom is -0.481 e. The first-order valence-electron chi connectivity index (χ1n) is 12.1. The van der Waals surface area contributed by atoms with Crippen LogP contribution in [0.15, 0.2) is 0 Å². The fourth-order valence-electron chi connectivity index (χ4n) is 5.80. The molecule has 0 amide bonds. The smallest absolute Gasteiger partial charge is 0.303 e. The number of rotatable bonds is 12. The normalized spacial score (nSPS) is 35.8. The number of carboxylic acid groups (broad SMARTS) is 1. The molecule has 7 heteroatoms. The third-order valence-corrected chi connectivity index (χ3v) is 13.4. The van der Waals surface area contributed by atoms with E-state index in [1.807, 2.05) is 0 Å². The average Bonchev–Trinajstić information content (AvgIpc) is 2.94. The van der Waals surface area contributed by atoms with Crippen LogP contribution in [0.1, 0.15) is 83.5 Å². The molecule has 30 heavy (non-hydrogen) atoms. The molecule has 5 fully saturated rings. The Bertz CT molecular complexity index is 681. The van der Waals surface area contributed by atoms with Crippen molar-refractivity contribution in [3.63, 3.8) is 0 Å². The van der Waals surface area contributed by atoms with Crippen LogP contribution in [0, 0.1) is 6.07 Å². The lowest BCUT2D eigenvalue weighted by Crippen LogP contribution is -2.87. The van der Waals surface area contributed by atoms with E-state index >= 15 is 0 Å². The van der Waals surface area contributed by atoms with Gasteiger partial charge in [-0.2, -0.15) is 0 Å². The Morgan fingerprint density at radius 1 is 0.967 bits per heavy atom. The second-order valence-corrected chi connectivity index (χ2v) is 14.0. The molecule has 0 aromatic carbocycles. The van der Waals surface area contributed by atoms with Gasteiger partial charge in [0.15, 0.2) is 10.2 Å². The summed E-state index contributed by atoms with van der Waals surface area (Å²) in [7, 11) is 0. The number of nitrogens with zero attached hydrogens (tertiary/aromatic N) is 2. The summed E-state index contributed by atoms with van der Waals surface area (Å²) in [6, 6.07) is 3.49. The van der Waals surface area contributed by atoms with Crippen molar-refractivity contribution in [1.82, 2.24) is 0 Å². The van der Waals surface area contributed by atoms with Crippen LogP contribution in [0.2, 0.25) is 0 Å². The predicted molar refractivity (Wildman–Crippen MR) is 132 cm³/mol. The molecule has 5 aliphatic rings. The van der Waals surface area contributed by atoms with Gasteiger partial charge in [0, 0.05) is 30.8 Å². The largest absolute Gasteiger partial charge is 0.481 e. The van der Waals surface area contributed by atoms with E-state index < -0.39 is 5.97 Å². The molecule has 0 aromatic heterocycles. The SMILES string of the molecule is O=C(O)CCCCCCCCCCC[N+]#CC[C@]12SCCC34CC[N+]3(CCS1)C2S4. The topological polar surface area (TPSA) is 41.7 Å². The van der Waals surface area contributed by atoms with Gasteiger partial charge in [-0.1, -0.05) is 43.4 Å². The molecule has 0 aromatic rings. The van der Waals surface area contributed by atoms with Gasteiger partial charge in [-0.05, 0) is 24.6 Å². The molecule has 0 saturated carbocycles. The molecule has 4 atom stereocenters. The Labute approximate surface area is 195 Å². The Morgan fingerprint density at radius 3 is 2.37 bits per heavy atom. The van der Waals surface area contributed by atoms with Gasteiger partial charge in [-0.15, -0.1) is 23.5 Å². The minimum atomic E-state index is -0.662. The van der Waals surface area contributed by atoms with E-state index in [-0.39, 0.29) is 0 Å². The lowest BCUT2D eigenvalue weighted by Gasteiger charge is -2.74. The zero-order valence-corrected chi connectivity index (χ0v) is 20.7. The van der Waals surface area contributed by atoms with Crippen molar-refractivity contribution in [3.05, 3.63) is 4.85 Å². The first-order chi connectivity index (χ1) is 14.6. The van der Waals surface area contributed by atoms with Crippen LogP contribution in [-0.2, 0) is 4.79 Å². The maximum absolute atomic E-state index is 10.5. The maximum atomic E-state index is 10.5. The maximum Gasteiger partial charge on any atom is 0.303 e. The van der Waals surface area contributed by atoms with Gasteiger partial charge in [0.05, 0.1) is 19.5 Å². The number of hydrogen-bond donors (Lipinski definition) is 1. The van der Waals surface area contributed by atoms with Crippen LogP contribution < -0.4 is 0 Å². The van der Waals surface area contributed by atoms with E-state index in [0.717, 1.165) is 31.2 Å². The number of thioether (sulfide) groups is 3. The number of aliphatic carboxylic acids is 1. The average molecular weight is 471 g/mol. The highest BCUT2D eigenvalue weighted by molar-refractivity contribution is 8.20. The lowest BCUT2D eigenvalue weighted by atomic mass is 9.91. The van der Waals surface area contributed by atoms with Gasteiger partial charge in [0.2, 0.25) is 0 Å². The molecule has 5 aliphatic heterocycles. The van der Waals surface area contributed by atoms with Gasteiger partial charge in [-0.3, -0.25) is 9.28 Å². The highest BCUT2D eigenvalue weighted by atomic mass is 32.2. The number of hydrogen-bond acceptors (Lipinski definition) is 4. The molecule has 1 N–H and O–H groups in total. The summed E-state index contributed by atoms with van der Waals surface area (Å²) < 4.78 is 1.79. The molecular weight excluding hydrogens is 432 g/mol. The Balaban J connectivity index is 1.06. The van der Waals surface area contributed by atoms with Gasteiger partial charge in [0.1, 0.15) is 10.5 Å². The van der Waals surface area contributed by atoms with Gasteiger partial charge < -0.3 is 5.11 Å². The van der Waals surface area contributed by atoms with E-state index in [0.29, 0.717) is 15.4 Å². The van der Waals surface area contributed by atoms with E-state index in [1.165, 1.54) is 86.9 Å². The quantitative estimate of drug-likeness (QED) is 0.269. The summed E-state index contributed by atoms with van der Waals surface area (Å²) in [4.78, 5) is 15.8. The summed E-state index contributed by atoms with van der Waals surface area (Å²) in [5, 5.41) is 9.42. The van der Waals surface area contributed by atoms with Crippen molar-refractivity contribution < 1.29 is 14.4 Å². The summed E-state index contributed by atoms with van der Waals surface area (Å²) in [6.45, 7) is 3.78. The van der Waals surface area contributed by atoms with Crippen LogP contribution in [0.4, 0.5) is 0 Å². The van der Waals surface area contributed by atoms with E-state index in [4.69, 9.17) is 5.11 Å². The Hall–Kier alpha value is -0.0300. The molecule has 5 rings (SSSR count). The van der Waals surface area contributed by atoms with Crippen LogP contribution in [0.25, 0.3) is 4.85 Å². The molecule has 5 saturated heterocycles. The second kappa shape index (κ2) is 10.3. The molecule has 3 unspecified atom stereocenters. The van der Waals surface area contributed by atoms with Crippen molar-refractivity contribution in [2.24, 2.45) is 0 Å². The first-order valence-corrected chi connectivity index (χ1v) is 14.9. The highest BCUT2D eigenvalue weighted by Gasteiger charge is 2.80. The van der Waals surface area contributed by atoms with E-state index in [1.54, 1.807) is 0 Å². The van der Waals surface area contributed by atoms with E-state index in [2.05, 4.69) is 46.2 Å². The summed E-state index contributed by atoms with van der Waals surface area (Å²) >= 11 is 6.78. The molecule has 168 valence electrons. The van der Waals surface area contributed by atoms with Crippen LogP contribution in [-0.4, -0.2) is 61.0 Å². The second-order valence-electron chi connectivity index (χ2n) is 9.45. The number of quaternary nitrogens is 1. The number of unbranched alkanes of at least 4 members (excludes halogenated alkanes) is 8. The standard InChI is InChI=1S/C23H37N2O2S3/c26-20(27)10-8-6-4-2-1-3-5-7-9-14-24-15-11-23-21-25(17-19-29-23)16-12-22(25,30-21)13-18-28-23/h21H,1-14,16-19H2/q+1/p+1/t21?,22?,23-,25?/m0/s1. The van der Waals surface area contributed by atoms with Crippen LogP contribution in [0.3, 0.4) is 0 Å². The Kier molecular flexibility index (Phi) is 7.92. The first kappa shape index (κ1) is 23.1. The van der Waals surface area contributed by atoms with Crippen molar-refractivity contribution in [1.29, 1.82) is 0 Å². The van der Waals surface area contributed by atoms with Gasteiger partial charge >= 0.3 is 5.97 Å². The van der Waals surface area contributed by atoms with E-state index in [9.17, 15) is 4.79 Å². The summed E-state index contributed by atoms with van der Waals surface area (Å²) in [5.41, 5.74) is 0. The van der Waals surface area contributed by atoms with Crippen LogP contribution >= 0.6 is 35.3 Å². The van der Waals surface area contributed by atoms with Crippen molar-refractivity contribution >= 4 is 41.3 Å². The van der Waals surface area contributed by atoms with Gasteiger partial charge in [-0.25, -0.2) is 0 Å². The molecule has 4 bridgehead atoms.